The van der Waals surface area contributed by atoms with Gasteiger partial charge in [0.1, 0.15) is 17.0 Å². The predicted molar refractivity (Wildman–Crippen MR) is 81.0 cm³/mol. The van der Waals surface area contributed by atoms with Crippen LogP contribution >= 0.6 is 15.9 Å². The van der Waals surface area contributed by atoms with Crippen molar-refractivity contribution in [2.24, 2.45) is 0 Å². The van der Waals surface area contributed by atoms with Gasteiger partial charge in [-0.15, -0.1) is 0 Å². The third-order valence-electron chi connectivity index (χ3n) is 3.27. The molecule has 0 aliphatic rings. The highest BCUT2D eigenvalue weighted by Crippen LogP contribution is 2.33. The molecule has 0 radical (unpaired) electrons. The van der Waals surface area contributed by atoms with Crippen LogP contribution < -0.4 is 14.8 Å². The van der Waals surface area contributed by atoms with Gasteiger partial charge in [-0.05, 0) is 41.4 Å². The van der Waals surface area contributed by atoms with Crippen LogP contribution in [-0.4, -0.2) is 36.7 Å². The molecule has 0 bridgehead atoms. The molecule has 1 aromatic rings. The topological polar surface area (TPSA) is 84.9 Å². The van der Waals surface area contributed by atoms with Crippen molar-refractivity contribution in [3.63, 3.8) is 0 Å². The van der Waals surface area contributed by atoms with Gasteiger partial charge in [0.05, 0.1) is 24.3 Å². The lowest BCUT2D eigenvalue weighted by atomic mass is 9.98. The molecule has 0 heterocycles. The summed E-state index contributed by atoms with van der Waals surface area (Å²) in [6, 6.07) is 3.16. The fourth-order valence-corrected chi connectivity index (χ4v) is 2.27. The number of ether oxygens (including phenoxy) is 2. The minimum Gasteiger partial charge on any atom is -0.497 e. The van der Waals surface area contributed by atoms with Crippen molar-refractivity contribution in [1.29, 1.82) is 0 Å². The van der Waals surface area contributed by atoms with E-state index < -0.39 is 17.4 Å². The largest absolute Gasteiger partial charge is 0.497 e. The van der Waals surface area contributed by atoms with Gasteiger partial charge in [-0.2, -0.15) is 0 Å². The van der Waals surface area contributed by atoms with E-state index >= 15 is 0 Å². The Labute approximate surface area is 131 Å². The average Bonchev–Trinajstić information content (AvgIpc) is 2.45. The van der Waals surface area contributed by atoms with E-state index in [-0.39, 0.29) is 12.0 Å². The van der Waals surface area contributed by atoms with Crippen LogP contribution in [0.1, 0.15) is 30.6 Å². The zero-order valence-electron chi connectivity index (χ0n) is 12.3. The van der Waals surface area contributed by atoms with E-state index in [1.54, 1.807) is 13.0 Å². The van der Waals surface area contributed by atoms with Crippen molar-refractivity contribution in [2.75, 3.05) is 14.2 Å². The van der Waals surface area contributed by atoms with Crippen LogP contribution in [-0.2, 0) is 4.79 Å². The van der Waals surface area contributed by atoms with E-state index in [0.29, 0.717) is 16.0 Å². The summed E-state index contributed by atoms with van der Waals surface area (Å²) in [6.07, 6.45) is 0.252. The Bertz CT molecular complexity index is 561. The zero-order chi connectivity index (χ0) is 16.2. The van der Waals surface area contributed by atoms with Gasteiger partial charge in [0.15, 0.2) is 0 Å². The van der Waals surface area contributed by atoms with Crippen LogP contribution in [0, 0.1) is 0 Å². The van der Waals surface area contributed by atoms with Crippen molar-refractivity contribution in [3.8, 4) is 11.5 Å². The van der Waals surface area contributed by atoms with Crippen molar-refractivity contribution >= 4 is 27.8 Å². The molecule has 1 rings (SSSR count). The van der Waals surface area contributed by atoms with E-state index in [4.69, 9.17) is 9.47 Å². The van der Waals surface area contributed by atoms with Crippen molar-refractivity contribution in [2.45, 2.75) is 25.8 Å². The summed E-state index contributed by atoms with van der Waals surface area (Å²) >= 11 is 3.29. The number of carbonyl (C=O) groups is 2. The second kappa shape index (κ2) is 6.80. The molecular formula is C14H18BrNO5. The number of amides is 1. The molecule has 1 unspecified atom stereocenters. The summed E-state index contributed by atoms with van der Waals surface area (Å²) < 4.78 is 10.8. The first-order chi connectivity index (χ1) is 9.78. The standard InChI is InChI=1S/C14H18BrNO5/c1-5-14(2,13(18)19)16-12(17)9-6-8(20-3)7-10(15)11(9)21-4/h6-7H,5H2,1-4H3,(H,16,17)(H,18,19). The van der Waals surface area contributed by atoms with Crippen LogP contribution in [0.2, 0.25) is 0 Å². The summed E-state index contributed by atoms with van der Waals surface area (Å²) in [6.45, 7) is 3.14. The maximum absolute atomic E-state index is 12.4. The lowest BCUT2D eigenvalue weighted by molar-refractivity contribution is -0.143. The van der Waals surface area contributed by atoms with Gasteiger partial charge in [0.25, 0.3) is 5.91 Å². The number of nitrogens with one attached hydrogen (secondary N) is 1. The number of methoxy groups -OCH3 is 2. The highest BCUT2D eigenvalue weighted by atomic mass is 79.9. The molecule has 0 fully saturated rings. The second-order valence-corrected chi connectivity index (χ2v) is 5.49. The minimum atomic E-state index is -1.35. The van der Waals surface area contributed by atoms with Gasteiger partial charge >= 0.3 is 5.97 Å². The van der Waals surface area contributed by atoms with Crippen molar-refractivity contribution in [1.82, 2.24) is 5.32 Å². The Morgan fingerprint density at radius 3 is 2.38 bits per heavy atom. The zero-order valence-corrected chi connectivity index (χ0v) is 13.9. The van der Waals surface area contributed by atoms with Crippen LogP contribution in [0.15, 0.2) is 16.6 Å². The van der Waals surface area contributed by atoms with Gasteiger partial charge in [0, 0.05) is 0 Å². The molecule has 0 aromatic heterocycles. The Morgan fingerprint density at radius 2 is 1.95 bits per heavy atom. The quantitative estimate of drug-likeness (QED) is 0.814. The molecule has 116 valence electrons. The van der Waals surface area contributed by atoms with Crippen molar-refractivity contribution in [3.05, 3.63) is 22.2 Å². The molecule has 0 spiro atoms. The molecule has 21 heavy (non-hydrogen) atoms. The average molecular weight is 360 g/mol. The number of carbonyl (C=O) groups excluding carboxylic acids is 1. The number of aliphatic carboxylic acids is 1. The van der Waals surface area contributed by atoms with E-state index in [1.165, 1.54) is 27.2 Å². The monoisotopic (exact) mass is 359 g/mol. The molecule has 1 aromatic carbocycles. The summed E-state index contributed by atoms with van der Waals surface area (Å²) in [4.78, 5) is 23.7. The van der Waals surface area contributed by atoms with Crippen LogP contribution in [0.5, 0.6) is 11.5 Å². The van der Waals surface area contributed by atoms with Gasteiger partial charge in [-0.1, -0.05) is 6.92 Å². The summed E-state index contributed by atoms with van der Waals surface area (Å²) in [5.74, 6) is -0.865. The smallest absolute Gasteiger partial charge is 0.329 e. The Morgan fingerprint density at radius 1 is 1.33 bits per heavy atom. The van der Waals surface area contributed by atoms with E-state index in [2.05, 4.69) is 21.2 Å². The summed E-state index contributed by atoms with van der Waals surface area (Å²) in [5, 5.41) is 11.7. The minimum absolute atomic E-state index is 0.199. The maximum atomic E-state index is 12.4. The van der Waals surface area contributed by atoms with Gasteiger partial charge in [-0.3, -0.25) is 4.79 Å². The number of rotatable bonds is 6. The first-order valence-electron chi connectivity index (χ1n) is 6.26. The number of carboxylic acids is 1. The maximum Gasteiger partial charge on any atom is 0.329 e. The highest BCUT2D eigenvalue weighted by Gasteiger charge is 2.34. The first kappa shape index (κ1) is 17.3. The predicted octanol–water partition coefficient (Wildman–Crippen LogP) is 2.45. The number of hydrogen-bond acceptors (Lipinski definition) is 4. The molecule has 7 heteroatoms. The molecular weight excluding hydrogens is 342 g/mol. The Hall–Kier alpha value is -1.76. The SMILES string of the molecule is CCC(C)(NC(=O)c1cc(OC)cc(Br)c1OC)C(=O)O. The Balaban J connectivity index is 3.23. The van der Waals surface area contributed by atoms with Gasteiger partial charge in [0.2, 0.25) is 0 Å². The second-order valence-electron chi connectivity index (χ2n) is 4.63. The fraction of sp³-hybridized carbons (Fsp3) is 0.429. The molecule has 0 saturated carbocycles. The lowest BCUT2D eigenvalue weighted by Crippen LogP contribution is -2.51. The summed E-state index contributed by atoms with van der Waals surface area (Å²) in [5.41, 5.74) is -1.15. The summed E-state index contributed by atoms with van der Waals surface area (Å²) in [7, 11) is 2.91. The number of carboxylic acid groups (broad SMARTS) is 1. The molecule has 0 saturated heterocycles. The molecule has 1 amide bonds. The van der Waals surface area contributed by atoms with E-state index in [9.17, 15) is 14.7 Å². The van der Waals surface area contributed by atoms with Crippen molar-refractivity contribution < 1.29 is 24.2 Å². The van der Waals surface area contributed by atoms with Gasteiger partial charge < -0.3 is 19.9 Å². The van der Waals surface area contributed by atoms with Gasteiger partial charge in [-0.25, -0.2) is 4.79 Å². The van der Waals surface area contributed by atoms with E-state index in [0.717, 1.165) is 0 Å². The Kier molecular flexibility index (Phi) is 5.60. The first-order valence-corrected chi connectivity index (χ1v) is 7.05. The molecule has 0 aliphatic heterocycles. The third kappa shape index (κ3) is 3.66. The fourth-order valence-electron chi connectivity index (χ4n) is 1.67. The third-order valence-corrected chi connectivity index (χ3v) is 3.86. The van der Waals surface area contributed by atoms with Crippen LogP contribution in [0.25, 0.3) is 0 Å². The van der Waals surface area contributed by atoms with E-state index in [1.807, 2.05) is 0 Å². The number of halogens is 1. The normalized spacial score (nSPS) is 13.2. The van der Waals surface area contributed by atoms with Crippen LogP contribution in [0.3, 0.4) is 0 Å². The lowest BCUT2D eigenvalue weighted by Gasteiger charge is -2.25. The van der Waals surface area contributed by atoms with Crippen LogP contribution in [0.4, 0.5) is 0 Å². The highest BCUT2D eigenvalue weighted by molar-refractivity contribution is 9.10. The molecule has 6 nitrogen and oxygen atoms in total. The number of hydrogen-bond donors (Lipinski definition) is 2. The molecule has 2 N–H and O–H groups in total. The molecule has 0 aliphatic carbocycles. The molecule has 1 atom stereocenters. The number of benzene rings is 1.